The second-order valence-electron chi connectivity index (χ2n) is 8.54. The third-order valence-electron chi connectivity index (χ3n) is 5.95. The Hall–Kier alpha value is -3.50. The number of amides is 2. The maximum atomic E-state index is 13.0. The van der Waals surface area contributed by atoms with E-state index in [-0.39, 0.29) is 11.8 Å². The van der Waals surface area contributed by atoms with Crippen LogP contribution < -0.4 is 11.1 Å². The highest BCUT2D eigenvalue weighted by Crippen LogP contribution is 2.22. The van der Waals surface area contributed by atoms with E-state index in [9.17, 15) is 9.59 Å². The number of carbonyl (C=O) groups excluding carboxylic acids is 2. The molecule has 4 rings (SSSR count). The second-order valence-corrected chi connectivity index (χ2v) is 8.54. The fourth-order valence-electron chi connectivity index (χ4n) is 4.14. The number of rotatable bonds is 10. The van der Waals surface area contributed by atoms with E-state index in [0.717, 1.165) is 32.4 Å². The predicted molar refractivity (Wildman–Crippen MR) is 133 cm³/mol. The van der Waals surface area contributed by atoms with Crippen LogP contribution in [-0.2, 0) is 16.0 Å². The number of methoxy groups -OCH3 is 1. The van der Waals surface area contributed by atoms with Crippen LogP contribution in [0, 0.1) is 0 Å². The molecule has 1 aliphatic rings. The fourth-order valence-corrected chi connectivity index (χ4v) is 4.14. The maximum absolute atomic E-state index is 13.0. The summed E-state index contributed by atoms with van der Waals surface area (Å²) in [6.07, 6.45) is 5.46. The summed E-state index contributed by atoms with van der Waals surface area (Å²) in [6.45, 7) is 3.62. The Morgan fingerprint density at radius 1 is 1.09 bits per heavy atom. The molecule has 0 bridgehead atoms. The average molecular weight is 481 g/mol. The number of benzene rings is 1. The Labute approximate surface area is 204 Å². The number of aryl methyl sites for hydroxylation is 1. The molecule has 10 nitrogen and oxygen atoms in total. The minimum absolute atomic E-state index is 0.0365. The predicted octanol–water partition coefficient (Wildman–Crippen LogP) is 2.95. The summed E-state index contributed by atoms with van der Waals surface area (Å²) in [5.74, 6) is -0.000237. The zero-order valence-electron chi connectivity index (χ0n) is 20.0. The van der Waals surface area contributed by atoms with Gasteiger partial charge in [-0.15, -0.1) is 0 Å². The molecule has 1 aromatic carbocycles. The van der Waals surface area contributed by atoms with Gasteiger partial charge in [0.05, 0.1) is 18.8 Å². The number of likely N-dealkylation sites (tertiary alicyclic amines) is 1. The first-order valence-corrected chi connectivity index (χ1v) is 12.0. The number of hydrogen-bond acceptors (Lipinski definition) is 7. The Bertz CT molecular complexity index is 1170. The highest BCUT2D eigenvalue weighted by atomic mass is 16.5. The molecule has 186 valence electrons. The standard InChI is InChI=1S/C25H32N6O4/c1-34-13-14-35-12-6-11-31-22-21(16-19(17-27-22)24(33)30-9-3-2-4-10-30)28-25(31)29-23(32)18-7-5-8-20(26)15-18/h5,7-8,15-17H,2-4,6,9-14,26H2,1H3,(H,28,29,32). The maximum Gasteiger partial charge on any atom is 0.258 e. The van der Waals surface area contributed by atoms with Crippen molar-refractivity contribution in [3.8, 4) is 0 Å². The summed E-state index contributed by atoms with van der Waals surface area (Å²) in [5.41, 5.74) is 8.42. The lowest BCUT2D eigenvalue weighted by atomic mass is 10.1. The first kappa shape index (κ1) is 24.6. The molecule has 2 amide bonds. The van der Waals surface area contributed by atoms with Crippen LogP contribution in [0.15, 0.2) is 36.5 Å². The largest absolute Gasteiger partial charge is 0.399 e. The molecule has 10 heteroatoms. The number of carbonyl (C=O) groups is 2. The topological polar surface area (TPSA) is 125 Å². The lowest BCUT2D eigenvalue weighted by molar-refractivity contribution is 0.0681. The van der Waals surface area contributed by atoms with Crippen molar-refractivity contribution in [3.05, 3.63) is 47.7 Å². The second kappa shape index (κ2) is 11.8. The molecule has 0 spiro atoms. The van der Waals surface area contributed by atoms with Crippen molar-refractivity contribution in [1.29, 1.82) is 0 Å². The first-order valence-electron chi connectivity index (χ1n) is 12.0. The number of pyridine rings is 1. The van der Waals surface area contributed by atoms with Crippen molar-refractivity contribution >= 4 is 34.6 Å². The van der Waals surface area contributed by atoms with Gasteiger partial charge in [-0.3, -0.25) is 19.5 Å². The quantitative estimate of drug-likeness (QED) is 0.338. The summed E-state index contributed by atoms with van der Waals surface area (Å²) in [6, 6.07) is 8.50. The molecule has 1 aliphatic heterocycles. The molecule has 0 unspecified atom stereocenters. The van der Waals surface area contributed by atoms with Crippen molar-refractivity contribution < 1.29 is 19.1 Å². The van der Waals surface area contributed by atoms with Crippen molar-refractivity contribution in [2.24, 2.45) is 0 Å². The lowest BCUT2D eigenvalue weighted by Gasteiger charge is -2.26. The lowest BCUT2D eigenvalue weighted by Crippen LogP contribution is -2.35. The van der Waals surface area contributed by atoms with E-state index in [1.54, 1.807) is 43.6 Å². The molecule has 3 aromatic rings. The molecule has 1 saturated heterocycles. The molecular formula is C25H32N6O4. The number of anilines is 2. The van der Waals surface area contributed by atoms with Gasteiger partial charge < -0.3 is 20.1 Å². The molecule has 0 saturated carbocycles. The summed E-state index contributed by atoms with van der Waals surface area (Å²) in [4.78, 5) is 36.9. The van der Waals surface area contributed by atoms with Crippen LogP contribution in [0.25, 0.3) is 11.2 Å². The van der Waals surface area contributed by atoms with Crippen LogP contribution >= 0.6 is 0 Å². The number of nitrogens with one attached hydrogen (secondary N) is 1. The van der Waals surface area contributed by atoms with E-state index in [4.69, 9.17) is 15.2 Å². The molecule has 0 radical (unpaired) electrons. The Morgan fingerprint density at radius 3 is 2.69 bits per heavy atom. The molecule has 0 aliphatic carbocycles. The average Bonchev–Trinajstić information content (AvgIpc) is 3.22. The van der Waals surface area contributed by atoms with Gasteiger partial charge in [-0.1, -0.05) is 6.07 Å². The van der Waals surface area contributed by atoms with E-state index in [2.05, 4.69) is 15.3 Å². The number of ether oxygens (including phenoxy) is 2. The number of piperidine rings is 1. The van der Waals surface area contributed by atoms with Crippen molar-refractivity contribution in [2.45, 2.75) is 32.2 Å². The number of imidazole rings is 1. The number of hydrogen-bond donors (Lipinski definition) is 2. The zero-order chi connectivity index (χ0) is 24.6. The SMILES string of the molecule is COCCOCCCn1c(NC(=O)c2cccc(N)c2)nc2cc(C(=O)N3CCCCC3)cnc21. The third-order valence-corrected chi connectivity index (χ3v) is 5.95. The monoisotopic (exact) mass is 480 g/mol. The summed E-state index contributed by atoms with van der Waals surface area (Å²) < 4.78 is 12.4. The summed E-state index contributed by atoms with van der Waals surface area (Å²) in [5, 5.41) is 2.88. The van der Waals surface area contributed by atoms with E-state index >= 15 is 0 Å². The van der Waals surface area contributed by atoms with Gasteiger partial charge in [0.2, 0.25) is 5.95 Å². The molecule has 1 fully saturated rings. The fraction of sp³-hybridized carbons (Fsp3) is 0.440. The number of aromatic nitrogens is 3. The minimum atomic E-state index is -0.324. The van der Waals surface area contributed by atoms with Gasteiger partial charge in [0, 0.05) is 50.8 Å². The third kappa shape index (κ3) is 6.14. The molecule has 3 N–H and O–H groups in total. The first-order chi connectivity index (χ1) is 17.1. The van der Waals surface area contributed by atoms with E-state index in [0.29, 0.717) is 66.7 Å². The number of nitrogens with two attached hydrogens (primary N) is 1. The molecule has 3 heterocycles. The summed E-state index contributed by atoms with van der Waals surface area (Å²) >= 11 is 0. The van der Waals surface area contributed by atoms with Crippen LogP contribution in [-0.4, -0.2) is 71.3 Å². The van der Waals surface area contributed by atoms with Crippen molar-refractivity contribution in [2.75, 3.05) is 51.1 Å². The van der Waals surface area contributed by atoms with Gasteiger partial charge in [-0.05, 0) is 49.9 Å². The van der Waals surface area contributed by atoms with Gasteiger partial charge in [-0.25, -0.2) is 9.97 Å². The Kier molecular flexibility index (Phi) is 8.27. The number of fused-ring (bicyclic) bond motifs is 1. The van der Waals surface area contributed by atoms with E-state index in [1.165, 1.54) is 0 Å². The highest BCUT2D eigenvalue weighted by Gasteiger charge is 2.21. The minimum Gasteiger partial charge on any atom is -0.399 e. The zero-order valence-corrected chi connectivity index (χ0v) is 20.0. The normalized spacial score (nSPS) is 13.8. The van der Waals surface area contributed by atoms with E-state index < -0.39 is 0 Å². The van der Waals surface area contributed by atoms with Crippen LogP contribution in [0.1, 0.15) is 46.4 Å². The van der Waals surface area contributed by atoms with Gasteiger partial charge in [0.1, 0.15) is 5.52 Å². The van der Waals surface area contributed by atoms with Crippen LogP contribution in [0.2, 0.25) is 0 Å². The Balaban J connectivity index is 1.57. The smallest absolute Gasteiger partial charge is 0.258 e. The molecule has 0 atom stereocenters. The van der Waals surface area contributed by atoms with Crippen molar-refractivity contribution in [1.82, 2.24) is 19.4 Å². The van der Waals surface area contributed by atoms with Gasteiger partial charge in [-0.2, -0.15) is 0 Å². The van der Waals surface area contributed by atoms with Crippen LogP contribution in [0.3, 0.4) is 0 Å². The number of nitrogens with zero attached hydrogens (tertiary/aromatic N) is 4. The Morgan fingerprint density at radius 2 is 1.91 bits per heavy atom. The van der Waals surface area contributed by atoms with Crippen LogP contribution in [0.4, 0.5) is 11.6 Å². The van der Waals surface area contributed by atoms with Gasteiger partial charge >= 0.3 is 0 Å². The molecule has 35 heavy (non-hydrogen) atoms. The van der Waals surface area contributed by atoms with Crippen LogP contribution in [0.5, 0.6) is 0 Å². The summed E-state index contributed by atoms with van der Waals surface area (Å²) in [7, 11) is 1.63. The molecule has 2 aromatic heterocycles. The van der Waals surface area contributed by atoms with Gasteiger partial charge in [0.15, 0.2) is 5.65 Å². The van der Waals surface area contributed by atoms with Crippen molar-refractivity contribution in [3.63, 3.8) is 0 Å². The number of nitrogen functional groups attached to an aromatic ring is 1. The van der Waals surface area contributed by atoms with Gasteiger partial charge in [0.25, 0.3) is 11.8 Å². The highest BCUT2D eigenvalue weighted by molar-refractivity contribution is 6.04. The molecular weight excluding hydrogens is 448 g/mol. The van der Waals surface area contributed by atoms with E-state index in [1.807, 2.05) is 9.47 Å².